The van der Waals surface area contributed by atoms with Gasteiger partial charge in [-0.15, -0.1) is 24.2 Å². The Morgan fingerprint density at radius 1 is 1.32 bits per heavy atom. The molecule has 0 aromatic carbocycles. The summed E-state index contributed by atoms with van der Waals surface area (Å²) in [4.78, 5) is 32.4. The topological polar surface area (TPSA) is 65.5 Å². The number of halogens is 1. The summed E-state index contributed by atoms with van der Waals surface area (Å²) in [5.41, 5.74) is 0. The number of rotatable bonds is 5. The Bertz CT molecular complexity index is 483. The first-order valence-electron chi connectivity index (χ1n) is 6.92. The molecule has 1 fully saturated rings. The highest BCUT2D eigenvalue weighted by molar-refractivity contribution is 8.00. The first kappa shape index (κ1) is 18.7. The third-order valence-corrected chi connectivity index (χ3v) is 4.28. The summed E-state index contributed by atoms with van der Waals surface area (Å²) in [5.74, 6) is 0.302. The van der Waals surface area contributed by atoms with Crippen LogP contribution in [-0.2, 0) is 9.59 Å². The molecule has 1 aromatic rings. The molecule has 0 radical (unpaired) electrons. The van der Waals surface area contributed by atoms with Crippen molar-refractivity contribution in [2.75, 3.05) is 45.5 Å². The van der Waals surface area contributed by atoms with E-state index in [9.17, 15) is 9.59 Å². The van der Waals surface area contributed by atoms with Crippen LogP contribution in [0, 0.1) is 0 Å². The SMILES string of the molecule is CN(CC(=O)N1CCNCC1)C(=O)CSc1ccncc1.Cl. The number of likely N-dealkylation sites (N-methyl/N-ethyl adjacent to an activating group) is 1. The average molecular weight is 345 g/mol. The van der Waals surface area contributed by atoms with E-state index in [0.717, 1.165) is 18.0 Å². The smallest absolute Gasteiger partial charge is 0.242 e. The van der Waals surface area contributed by atoms with E-state index < -0.39 is 0 Å². The van der Waals surface area contributed by atoms with Crippen molar-refractivity contribution < 1.29 is 9.59 Å². The second-order valence-corrected chi connectivity index (χ2v) is 5.90. The first-order chi connectivity index (χ1) is 10.2. The molecular formula is C14H21ClN4O2S. The fourth-order valence-electron chi connectivity index (χ4n) is 2.00. The minimum absolute atomic E-state index is 0. The summed E-state index contributed by atoms with van der Waals surface area (Å²) in [6.45, 7) is 3.22. The maximum atomic E-state index is 12.1. The molecule has 6 nitrogen and oxygen atoms in total. The Kier molecular flexibility index (Phi) is 8.22. The summed E-state index contributed by atoms with van der Waals surface area (Å²) in [5, 5.41) is 3.20. The number of aromatic nitrogens is 1. The largest absolute Gasteiger partial charge is 0.339 e. The molecule has 0 aliphatic carbocycles. The number of amides is 2. The zero-order valence-electron chi connectivity index (χ0n) is 12.5. The van der Waals surface area contributed by atoms with Crippen LogP contribution in [0.1, 0.15) is 0 Å². The highest BCUT2D eigenvalue weighted by Gasteiger charge is 2.19. The Hall–Kier alpha value is -1.31. The molecule has 22 heavy (non-hydrogen) atoms. The zero-order valence-corrected chi connectivity index (χ0v) is 14.2. The fourth-order valence-corrected chi connectivity index (χ4v) is 2.82. The summed E-state index contributed by atoms with van der Waals surface area (Å²) < 4.78 is 0. The van der Waals surface area contributed by atoms with Crippen LogP contribution in [0.5, 0.6) is 0 Å². The molecule has 2 rings (SSSR count). The van der Waals surface area contributed by atoms with Gasteiger partial charge in [-0.3, -0.25) is 14.6 Å². The van der Waals surface area contributed by atoms with Crippen molar-refractivity contribution >= 4 is 36.0 Å². The van der Waals surface area contributed by atoms with E-state index >= 15 is 0 Å². The van der Waals surface area contributed by atoms with Crippen LogP contribution in [0.3, 0.4) is 0 Å². The molecule has 122 valence electrons. The van der Waals surface area contributed by atoms with Crippen molar-refractivity contribution in [3.8, 4) is 0 Å². The van der Waals surface area contributed by atoms with Gasteiger partial charge in [0.2, 0.25) is 11.8 Å². The molecule has 1 aromatic heterocycles. The van der Waals surface area contributed by atoms with E-state index in [1.54, 1.807) is 24.3 Å². The molecule has 1 N–H and O–H groups in total. The lowest BCUT2D eigenvalue weighted by atomic mass is 10.3. The van der Waals surface area contributed by atoms with Gasteiger partial charge in [-0.05, 0) is 12.1 Å². The van der Waals surface area contributed by atoms with E-state index in [4.69, 9.17) is 0 Å². The van der Waals surface area contributed by atoms with Crippen molar-refractivity contribution in [2.24, 2.45) is 0 Å². The number of hydrogen-bond acceptors (Lipinski definition) is 5. The summed E-state index contributed by atoms with van der Waals surface area (Å²) >= 11 is 1.45. The van der Waals surface area contributed by atoms with Gasteiger partial charge in [0, 0.05) is 50.5 Å². The van der Waals surface area contributed by atoms with Crippen LogP contribution in [0.25, 0.3) is 0 Å². The van der Waals surface area contributed by atoms with Crippen molar-refractivity contribution in [1.29, 1.82) is 0 Å². The molecular weight excluding hydrogens is 324 g/mol. The lowest BCUT2D eigenvalue weighted by molar-refractivity contribution is -0.138. The van der Waals surface area contributed by atoms with Crippen LogP contribution in [0.4, 0.5) is 0 Å². The van der Waals surface area contributed by atoms with E-state index in [1.165, 1.54) is 16.7 Å². The Morgan fingerprint density at radius 2 is 1.95 bits per heavy atom. The number of pyridine rings is 1. The number of hydrogen-bond donors (Lipinski definition) is 1. The number of nitrogens with one attached hydrogen (secondary N) is 1. The van der Waals surface area contributed by atoms with Gasteiger partial charge < -0.3 is 15.1 Å². The van der Waals surface area contributed by atoms with Crippen molar-refractivity contribution in [2.45, 2.75) is 4.90 Å². The second kappa shape index (κ2) is 9.66. The van der Waals surface area contributed by atoms with Gasteiger partial charge in [-0.25, -0.2) is 0 Å². The minimum Gasteiger partial charge on any atom is -0.339 e. The Balaban J connectivity index is 0.00000242. The molecule has 2 heterocycles. The summed E-state index contributed by atoms with van der Waals surface area (Å²) in [7, 11) is 1.68. The monoisotopic (exact) mass is 344 g/mol. The number of thioether (sulfide) groups is 1. The normalized spacial score (nSPS) is 14.1. The molecule has 0 atom stereocenters. The van der Waals surface area contributed by atoms with Crippen molar-refractivity contribution in [3.63, 3.8) is 0 Å². The molecule has 1 aliphatic heterocycles. The van der Waals surface area contributed by atoms with Gasteiger partial charge in [0.25, 0.3) is 0 Å². The average Bonchev–Trinajstić information content (AvgIpc) is 2.54. The molecule has 0 saturated carbocycles. The molecule has 8 heteroatoms. The minimum atomic E-state index is -0.0414. The summed E-state index contributed by atoms with van der Waals surface area (Å²) in [6, 6.07) is 3.73. The maximum Gasteiger partial charge on any atom is 0.242 e. The van der Waals surface area contributed by atoms with E-state index in [1.807, 2.05) is 12.1 Å². The number of carbonyl (C=O) groups is 2. The van der Waals surface area contributed by atoms with Gasteiger partial charge in [-0.2, -0.15) is 0 Å². The lowest BCUT2D eigenvalue weighted by Gasteiger charge is -2.29. The van der Waals surface area contributed by atoms with Crippen molar-refractivity contribution in [3.05, 3.63) is 24.5 Å². The standard InChI is InChI=1S/C14H20N4O2S.ClH/c1-17(10-13(19)18-8-6-16-7-9-18)14(20)11-21-12-2-4-15-5-3-12;/h2-5,16H,6-11H2,1H3;1H. The van der Waals surface area contributed by atoms with Crippen LogP contribution in [0.15, 0.2) is 29.4 Å². The Labute approximate surface area is 141 Å². The third kappa shape index (κ3) is 5.82. The lowest BCUT2D eigenvalue weighted by Crippen LogP contribution is -2.50. The second-order valence-electron chi connectivity index (χ2n) is 4.85. The van der Waals surface area contributed by atoms with E-state index in [-0.39, 0.29) is 30.8 Å². The predicted octanol–water partition coefficient (Wildman–Crippen LogP) is 0.486. The number of nitrogens with zero attached hydrogens (tertiary/aromatic N) is 3. The van der Waals surface area contributed by atoms with Gasteiger partial charge >= 0.3 is 0 Å². The van der Waals surface area contributed by atoms with E-state index in [2.05, 4.69) is 10.3 Å². The number of carbonyl (C=O) groups excluding carboxylic acids is 2. The Morgan fingerprint density at radius 3 is 2.59 bits per heavy atom. The quantitative estimate of drug-likeness (QED) is 0.787. The highest BCUT2D eigenvalue weighted by atomic mass is 35.5. The zero-order chi connectivity index (χ0) is 15.1. The highest BCUT2D eigenvalue weighted by Crippen LogP contribution is 2.16. The van der Waals surface area contributed by atoms with Gasteiger partial charge in [0.05, 0.1) is 12.3 Å². The van der Waals surface area contributed by atoms with Crippen LogP contribution in [-0.4, -0.2) is 72.1 Å². The van der Waals surface area contributed by atoms with Crippen molar-refractivity contribution in [1.82, 2.24) is 20.1 Å². The molecule has 2 amide bonds. The number of piperazine rings is 1. The molecule has 0 bridgehead atoms. The van der Waals surface area contributed by atoms with Crippen LogP contribution < -0.4 is 5.32 Å². The van der Waals surface area contributed by atoms with Crippen LogP contribution >= 0.6 is 24.2 Å². The molecule has 1 saturated heterocycles. The maximum absolute atomic E-state index is 12.1. The van der Waals surface area contributed by atoms with Gasteiger partial charge in [0.15, 0.2) is 0 Å². The first-order valence-corrected chi connectivity index (χ1v) is 7.90. The molecule has 0 spiro atoms. The molecule has 1 aliphatic rings. The van der Waals surface area contributed by atoms with Crippen LogP contribution in [0.2, 0.25) is 0 Å². The van der Waals surface area contributed by atoms with Gasteiger partial charge in [0.1, 0.15) is 0 Å². The fraction of sp³-hybridized carbons (Fsp3) is 0.500. The predicted molar refractivity (Wildman–Crippen MR) is 89.3 cm³/mol. The van der Waals surface area contributed by atoms with Gasteiger partial charge in [-0.1, -0.05) is 0 Å². The molecule has 0 unspecified atom stereocenters. The summed E-state index contributed by atoms with van der Waals surface area (Å²) in [6.07, 6.45) is 3.40. The third-order valence-electron chi connectivity index (χ3n) is 3.28. The van der Waals surface area contributed by atoms with E-state index in [0.29, 0.717) is 18.8 Å².